The standard InChI is InChI=1S/C14H12BrFN2O/c15-13-9-10(16)4-5-12(13)14(19)18-8-6-11-3-1-2-7-17-11/h1-5,7,9H,6,8H2,(H,18,19). The molecule has 0 aliphatic carbocycles. The van der Waals surface area contributed by atoms with Gasteiger partial charge in [0, 0.05) is 29.3 Å². The number of nitrogens with one attached hydrogen (secondary N) is 1. The van der Waals surface area contributed by atoms with Crippen molar-refractivity contribution in [2.24, 2.45) is 0 Å². The van der Waals surface area contributed by atoms with Crippen molar-refractivity contribution in [2.75, 3.05) is 6.54 Å². The van der Waals surface area contributed by atoms with E-state index < -0.39 is 0 Å². The van der Waals surface area contributed by atoms with Gasteiger partial charge in [0.15, 0.2) is 0 Å². The maximum Gasteiger partial charge on any atom is 0.252 e. The zero-order valence-corrected chi connectivity index (χ0v) is 11.7. The summed E-state index contributed by atoms with van der Waals surface area (Å²) in [4.78, 5) is 16.1. The molecule has 19 heavy (non-hydrogen) atoms. The Labute approximate surface area is 119 Å². The van der Waals surface area contributed by atoms with Crippen LogP contribution >= 0.6 is 15.9 Å². The van der Waals surface area contributed by atoms with Crippen LogP contribution in [0.4, 0.5) is 4.39 Å². The van der Waals surface area contributed by atoms with Crippen molar-refractivity contribution in [2.45, 2.75) is 6.42 Å². The molecule has 1 aromatic heterocycles. The highest BCUT2D eigenvalue weighted by Crippen LogP contribution is 2.17. The summed E-state index contributed by atoms with van der Waals surface area (Å²) in [5.74, 6) is -0.611. The second-order valence-corrected chi connectivity index (χ2v) is 4.81. The Bertz CT molecular complexity index is 575. The molecule has 1 aromatic carbocycles. The maximum absolute atomic E-state index is 12.9. The van der Waals surface area contributed by atoms with Crippen LogP contribution in [0.1, 0.15) is 16.1 Å². The molecule has 2 aromatic rings. The molecule has 5 heteroatoms. The molecule has 2 rings (SSSR count). The third-order valence-electron chi connectivity index (χ3n) is 2.57. The lowest BCUT2D eigenvalue weighted by Gasteiger charge is -2.06. The predicted octanol–water partition coefficient (Wildman–Crippen LogP) is 2.96. The van der Waals surface area contributed by atoms with Gasteiger partial charge < -0.3 is 5.32 Å². The van der Waals surface area contributed by atoms with Gasteiger partial charge >= 0.3 is 0 Å². The third-order valence-corrected chi connectivity index (χ3v) is 3.22. The van der Waals surface area contributed by atoms with E-state index in [2.05, 4.69) is 26.2 Å². The number of hydrogen-bond donors (Lipinski definition) is 1. The summed E-state index contributed by atoms with van der Waals surface area (Å²) in [7, 11) is 0. The van der Waals surface area contributed by atoms with Gasteiger partial charge in [-0.3, -0.25) is 9.78 Å². The van der Waals surface area contributed by atoms with Crippen LogP contribution in [0.2, 0.25) is 0 Å². The number of carbonyl (C=O) groups excluding carboxylic acids is 1. The Morgan fingerprint density at radius 2 is 2.16 bits per heavy atom. The van der Waals surface area contributed by atoms with E-state index in [0.29, 0.717) is 23.0 Å². The number of aromatic nitrogens is 1. The number of pyridine rings is 1. The van der Waals surface area contributed by atoms with Crippen molar-refractivity contribution < 1.29 is 9.18 Å². The highest BCUT2D eigenvalue weighted by Gasteiger charge is 2.10. The van der Waals surface area contributed by atoms with E-state index in [-0.39, 0.29) is 11.7 Å². The second-order valence-electron chi connectivity index (χ2n) is 3.95. The summed E-state index contributed by atoms with van der Waals surface area (Å²) in [5.41, 5.74) is 1.34. The fourth-order valence-electron chi connectivity index (χ4n) is 1.62. The average Bonchev–Trinajstić information content (AvgIpc) is 2.39. The molecule has 0 unspecified atom stereocenters. The first-order chi connectivity index (χ1) is 9.16. The van der Waals surface area contributed by atoms with Crippen molar-refractivity contribution in [3.8, 4) is 0 Å². The van der Waals surface area contributed by atoms with Crippen molar-refractivity contribution in [3.05, 3.63) is 64.1 Å². The Morgan fingerprint density at radius 3 is 2.84 bits per heavy atom. The Morgan fingerprint density at radius 1 is 1.32 bits per heavy atom. The summed E-state index contributed by atoms with van der Waals surface area (Å²) in [6.45, 7) is 0.486. The summed E-state index contributed by atoms with van der Waals surface area (Å²) < 4.78 is 13.4. The quantitative estimate of drug-likeness (QED) is 0.940. The number of nitrogens with zero attached hydrogens (tertiary/aromatic N) is 1. The maximum atomic E-state index is 12.9. The number of amides is 1. The van der Waals surface area contributed by atoms with Gasteiger partial charge in [0.1, 0.15) is 5.82 Å². The molecule has 0 radical (unpaired) electrons. The molecule has 3 nitrogen and oxygen atoms in total. The Balaban J connectivity index is 1.91. The number of halogens is 2. The lowest BCUT2D eigenvalue weighted by Crippen LogP contribution is -2.26. The summed E-state index contributed by atoms with van der Waals surface area (Å²) in [6.07, 6.45) is 2.37. The smallest absolute Gasteiger partial charge is 0.252 e. The van der Waals surface area contributed by atoms with Crippen LogP contribution < -0.4 is 5.32 Å². The second kappa shape index (κ2) is 6.43. The minimum absolute atomic E-state index is 0.234. The molecule has 0 saturated carbocycles. The lowest BCUT2D eigenvalue weighted by molar-refractivity contribution is 0.0953. The molecule has 0 atom stereocenters. The molecule has 0 saturated heterocycles. The van der Waals surface area contributed by atoms with Gasteiger partial charge in [-0.05, 0) is 46.3 Å². The summed E-state index contributed by atoms with van der Waals surface area (Å²) >= 11 is 3.17. The largest absolute Gasteiger partial charge is 0.352 e. The van der Waals surface area contributed by atoms with Crippen LogP contribution in [-0.2, 0) is 6.42 Å². The van der Waals surface area contributed by atoms with Crippen molar-refractivity contribution in [3.63, 3.8) is 0 Å². The van der Waals surface area contributed by atoms with Gasteiger partial charge in [0.25, 0.3) is 5.91 Å². The van der Waals surface area contributed by atoms with E-state index in [4.69, 9.17) is 0 Å². The van der Waals surface area contributed by atoms with E-state index in [9.17, 15) is 9.18 Å². The first kappa shape index (κ1) is 13.7. The van der Waals surface area contributed by atoms with Gasteiger partial charge in [-0.25, -0.2) is 4.39 Å². The van der Waals surface area contributed by atoms with Gasteiger partial charge in [0.05, 0.1) is 5.56 Å². The third kappa shape index (κ3) is 3.86. The molecular weight excluding hydrogens is 311 g/mol. The summed E-state index contributed by atoms with van der Waals surface area (Å²) in [5, 5.41) is 2.78. The molecule has 0 fully saturated rings. The number of rotatable bonds is 4. The van der Waals surface area contributed by atoms with Crippen LogP contribution in [0.3, 0.4) is 0 Å². The van der Waals surface area contributed by atoms with Crippen molar-refractivity contribution >= 4 is 21.8 Å². The molecule has 1 amide bonds. The summed E-state index contributed by atoms with van der Waals surface area (Å²) in [6, 6.07) is 9.64. The number of benzene rings is 1. The van der Waals surface area contributed by atoms with E-state index >= 15 is 0 Å². The topological polar surface area (TPSA) is 42.0 Å². The van der Waals surface area contributed by atoms with Crippen LogP contribution in [-0.4, -0.2) is 17.4 Å². The Hall–Kier alpha value is -1.75. The number of hydrogen-bond acceptors (Lipinski definition) is 2. The molecular formula is C14H12BrFN2O. The Kier molecular flexibility index (Phi) is 4.63. The van der Waals surface area contributed by atoms with E-state index in [1.54, 1.807) is 6.20 Å². The van der Waals surface area contributed by atoms with Gasteiger partial charge in [0.2, 0.25) is 0 Å². The number of carbonyl (C=O) groups is 1. The van der Waals surface area contributed by atoms with Crippen molar-refractivity contribution in [1.29, 1.82) is 0 Å². The monoisotopic (exact) mass is 322 g/mol. The van der Waals surface area contributed by atoms with E-state index in [1.165, 1.54) is 18.2 Å². The fourth-order valence-corrected chi connectivity index (χ4v) is 2.15. The van der Waals surface area contributed by atoms with Crippen LogP contribution in [0.25, 0.3) is 0 Å². The normalized spacial score (nSPS) is 10.2. The molecule has 0 bridgehead atoms. The average molecular weight is 323 g/mol. The van der Waals surface area contributed by atoms with E-state index in [1.807, 2.05) is 18.2 Å². The molecule has 0 aliphatic heterocycles. The molecule has 1 N–H and O–H groups in total. The van der Waals surface area contributed by atoms with Crippen molar-refractivity contribution in [1.82, 2.24) is 10.3 Å². The zero-order chi connectivity index (χ0) is 13.7. The van der Waals surface area contributed by atoms with Crippen LogP contribution in [0.15, 0.2) is 47.1 Å². The highest BCUT2D eigenvalue weighted by atomic mass is 79.9. The highest BCUT2D eigenvalue weighted by molar-refractivity contribution is 9.10. The van der Waals surface area contributed by atoms with Gasteiger partial charge in [-0.15, -0.1) is 0 Å². The molecule has 98 valence electrons. The zero-order valence-electron chi connectivity index (χ0n) is 10.1. The van der Waals surface area contributed by atoms with Crippen LogP contribution in [0.5, 0.6) is 0 Å². The molecule has 0 spiro atoms. The minimum atomic E-state index is -0.378. The molecule has 0 aliphatic rings. The van der Waals surface area contributed by atoms with Crippen LogP contribution in [0, 0.1) is 5.82 Å². The molecule has 1 heterocycles. The van der Waals surface area contributed by atoms with Gasteiger partial charge in [-0.2, -0.15) is 0 Å². The van der Waals surface area contributed by atoms with Gasteiger partial charge in [-0.1, -0.05) is 6.07 Å². The van der Waals surface area contributed by atoms with E-state index in [0.717, 1.165) is 5.69 Å². The SMILES string of the molecule is O=C(NCCc1ccccn1)c1ccc(F)cc1Br. The first-order valence-electron chi connectivity index (χ1n) is 5.80. The lowest BCUT2D eigenvalue weighted by atomic mass is 10.2. The fraction of sp³-hybridized carbons (Fsp3) is 0.143. The predicted molar refractivity (Wildman–Crippen MR) is 74.4 cm³/mol. The minimum Gasteiger partial charge on any atom is -0.352 e. The first-order valence-corrected chi connectivity index (χ1v) is 6.59.